The minimum absolute atomic E-state index is 0.450. The van der Waals surface area contributed by atoms with Gasteiger partial charge in [0, 0.05) is 26.7 Å². The quantitative estimate of drug-likeness (QED) is 0.422. The minimum Gasteiger partial charge on any atom is -0.329 e. The lowest BCUT2D eigenvalue weighted by atomic mass is 10.1. The topological polar surface area (TPSA) is 41.3 Å². The van der Waals surface area contributed by atoms with Crippen molar-refractivity contribution in [2.45, 2.75) is 64.3 Å². The summed E-state index contributed by atoms with van der Waals surface area (Å²) in [5.41, 5.74) is 9.06. The number of hydrogen-bond acceptors (Lipinski definition) is 3. The smallest absolute Gasteiger partial charge is 0.0337 e. The van der Waals surface area contributed by atoms with Crippen LogP contribution in [0.5, 0.6) is 0 Å². The first-order chi connectivity index (χ1) is 7.70. The molecule has 3 N–H and O–H groups in total. The predicted molar refractivity (Wildman–Crippen MR) is 72.3 cm³/mol. The number of nitrogens with one attached hydrogen (secondary N) is 1. The Morgan fingerprint density at radius 2 is 1.56 bits per heavy atom. The van der Waals surface area contributed by atoms with Crippen molar-refractivity contribution in [3.63, 3.8) is 0 Å². The summed E-state index contributed by atoms with van der Waals surface area (Å²) in [5.74, 6) is 0. The molecule has 0 saturated heterocycles. The van der Waals surface area contributed by atoms with Gasteiger partial charge in [-0.3, -0.25) is 10.4 Å². The predicted octanol–water partition coefficient (Wildman–Crippen LogP) is 2.52. The second-order valence-corrected chi connectivity index (χ2v) is 4.87. The van der Waals surface area contributed by atoms with Crippen LogP contribution in [0.3, 0.4) is 0 Å². The van der Waals surface area contributed by atoms with E-state index >= 15 is 0 Å². The van der Waals surface area contributed by atoms with E-state index in [1.54, 1.807) is 0 Å². The molecule has 0 fully saturated rings. The lowest BCUT2D eigenvalue weighted by molar-refractivity contribution is 0.234. The molecule has 0 heterocycles. The van der Waals surface area contributed by atoms with Crippen LogP contribution in [0.2, 0.25) is 0 Å². The number of unbranched alkanes of at least 4 members (excludes halogenated alkanes) is 6. The SMILES string of the molecule is CCCCCCCCCC(CN)NN(C)C. The third kappa shape index (κ3) is 10.4. The molecule has 0 spiro atoms. The van der Waals surface area contributed by atoms with Crippen molar-refractivity contribution in [3.8, 4) is 0 Å². The molecule has 3 heteroatoms. The Kier molecular flexibility index (Phi) is 11.3. The molecule has 0 aliphatic carbocycles. The molecule has 0 saturated carbocycles. The molecule has 0 aromatic rings. The standard InChI is InChI=1S/C13H31N3/c1-4-5-6-7-8-9-10-11-13(12-14)15-16(2)3/h13,15H,4-12,14H2,1-3H3. The van der Waals surface area contributed by atoms with Crippen molar-refractivity contribution >= 4 is 0 Å². The summed E-state index contributed by atoms with van der Waals surface area (Å²) >= 11 is 0. The maximum absolute atomic E-state index is 5.71. The van der Waals surface area contributed by atoms with E-state index in [-0.39, 0.29) is 0 Å². The highest BCUT2D eigenvalue weighted by Gasteiger charge is 2.05. The fourth-order valence-corrected chi connectivity index (χ4v) is 1.95. The van der Waals surface area contributed by atoms with Crippen LogP contribution in [0, 0.1) is 0 Å². The highest BCUT2D eigenvalue weighted by Crippen LogP contribution is 2.09. The lowest BCUT2D eigenvalue weighted by Crippen LogP contribution is -2.44. The normalized spacial score (nSPS) is 13.3. The maximum atomic E-state index is 5.71. The lowest BCUT2D eigenvalue weighted by Gasteiger charge is -2.21. The van der Waals surface area contributed by atoms with Crippen molar-refractivity contribution < 1.29 is 0 Å². The fraction of sp³-hybridized carbons (Fsp3) is 1.00. The summed E-state index contributed by atoms with van der Waals surface area (Å²) in [6, 6.07) is 0.450. The first kappa shape index (κ1) is 15.9. The van der Waals surface area contributed by atoms with Crippen LogP contribution in [-0.2, 0) is 0 Å². The third-order valence-electron chi connectivity index (χ3n) is 2.88. The highest BCUT2D eigenvalue weighted by atomic mass is 15.5. The molecular formula is C13H31N3. The second-order valence-electron chi connectivity index (χ2n) is 4.87. The summed E-state index contributed by atoms with van der Waals surface area (Å²) < 4.78 is 0. The fourth-order valence-electron chi connectivity index (χ4n) is 1.95. The molecule has 3 nitrogen and oxygen atoms in total. The molecule has 0 radical (unpaired) electrons. The van der Waals surface area contributed by atoms with Crippen LogP contribution in [0.1, 0.15) is 58.3 Å². The summed E-state index contributed by atoms with van der Waals surface area (Å²) in [6.07, 6.45) is 10.8. The van der Waals surface area contributed by atoms with Crippen molar-refractivity contribution in [2.75, 3.05) is 20.6 Å². The molecule has 0 aliphatic rings. The first-order valence-corrected chi connectivity index (χ1v) is 6.84. The summed E-state index contributed by atoms with van der Waals surface area (Å²) in [6.45, 7) is 2.99. The van der Waals surface area contributed by atoms with Gasteiger partial charge in [-0.2, -0.15) is 0 Å². The van der Waals surface area contributed by atoms with Crippen LogP contribution >= 0.6 is 0 Å². The highest BCUT2D eigenvalue weighted by molar-refractivity contribution is 4.64. The monoisotopic (exact) mass is 229 g/mol. The van der Waals surface area contributed by atoms with E-state index in [1.807, 2.05) is 19.1 Å². The number of rotatable bonds is 11. The minimum atomic E-state index is 0.450. The average molecular weight is 229 g/mol. The van der Waals surface area contributed by atoms with Gasteiger partial charge in [-0.15, -0.1) is 0 Å². The van der Waals surface area contributed by atoms with Crippen LogP contribution in [0.25, 0.3) is 0 Å². The molecule has 1 unspecified atom stereocenters. The van der Waals surface area contributed by atoms with Crippen LogP contribution in [0.4, 0.5) is 0 Å². The zero-order valence-electron chi connectivity index (χ0n) is 11.5. The Balaban J connectivity index is 3.27. The van der Waals surface area contributed by atoms with Gasteiger partial charge in [-0.05, 0) is 6.42 Å². The first-order valence-electron chi connectivity index (χ1n) is 6.84. The van der Waals surface area contributed by atoms with Gasteiger partial charge in [0.05, 0.1) is 0 Å². The van der Waals surface area contributed by atoms with Crippen molar-refractivity contribution in [2.24, 2.45) is 5.73 Å². The van der Waals surface area contributed by atoms with Gasteiger partial charge in [0.15, 0.2) is 0 Å². The molecule has 0 aromatic carbocycles. The number of nitrogens with two attached hydrogens (primary N) is 1. The van der Waals surface area contributed by atoms with Gasteiger partial charge < -0.3 is 5.73 Å². The number of nitrogens with zero attached hydrogens (tertiary/aromatic N) is 1. The Morgan fingerprint density at radius 1 is 1.00 bits per heavy atom. The van der Waals surface area contributed by atoms with E-state index in [0.717, 1.165) is 6.54 Å². The molecule has 0 amide bonds. The molecule has 0 aromatic heterocycles. The molecule has 98 valence electrons. The van der Waals surface area contributed by atoms with Crippen molar-refractivity contribution in [1.29, 1.82) is 0 Å². The molecule has 0 bridgehead atoms. The second kappa shape index (κ2) is 11.4. The van der Waals surface area contributed by atoms with Crippen molar-refractivity contribution in [3.05, 3.63) is 0 Å². The molecule has 1 atom stereocenters. The number of hydrogen-bond donors (Lipinski definition) is 2. The van der Waals surface area contributed by atoms with E-state index in [0.29, 0.717) is 6.04 Å². The van der Waals surface area contributed by atoms with Gasteiger partial charge in [0.2, 0.25) is 0 Å². The Hall–Kier alpha value is -0.120. The van der Waals surface area contributed by atoms with Gasteiger partial charge in [-0.25, -0.2) is 0 Å². The molecular weight excluding hydrogens is 198 g/mol. The third-order valence-corrected chi connectivity index (χ3v) is 2.88. The van der Waals surface area contributed by atoms with E-state index in [9.17, 15) is 0 Å². The van der Waals surface area contributed by atoms with E-state index in [2.05, 4.69) is 12.3 Å². The number of hydrazine groups is 1. The van der Waals surface area contributed by atoms with Crippen molar-refractivity contribution in [1.82, 2.24) is 10.4 Å². The largest absolute Gasteiger partial charge is 0.329 e. The Labute approximate surface area is 102 Å². The Bertz CT molecular complexity index is 137. The zero-order valence-corrected chi connectivity index (χ0v) is 11.5. The summed E-state index contributed by atoms with van der Waals surface area (Å²) in [5, 5.41) is 2.00. The van der Waals surface area contributed by atoms with Gasteiger partial charge in [-0.1, -0.05) is 51.9 Å². The molecule has 16 heavy (non-hydrogen) atoms. The molecule has 0 rings (SSSR count). The zero-order chi connectivity index (χ0) is 12.2. The van der Waals surface area contributed by atoms with Gasteiger partial charge in [0.25, 0.3) is 0 Å². The van der Waals surface area contributed by atoms with Gasteiger partial charge in [0.1, 0.15) is 0 Å². The summed E-state index contributed by atoms with van der Waals surface area (Å²) in [4.78, 5) is 0. The van der Waals surface area contributed by atoms with E-state index < -0.39 is 0 Å². The van der Waals surface area contributed by atoms with Crippen LogP contribution < -0.4 is 11.2 Å². The van der Waals surface area contributed by atoms with Crippen LogP contribution in [-0.4, -0.2) is 31.7 Å². The van der Waals surface area contributed by atoms with Gasteiger partial charge >= 0.3 is 0 Å². The molecule has 0 aliphatic heterocycles. The summed E-state index contributed by atoms with van der Waals surface area (Å²) in [7, 11) is 4.04. The Morgan fingerprint density at radius 3 is 2.06 bits per heavy atom. The van der Waals surface area contributed by atoms with E-state index in [4.69, 9.17) is 5.73 Å². The van der Waals surface area contributed by atoms with Crippen LogP contribution in [0.15, 0.2) is 0 Å². The van der Waals surface area contributed by atoms with E-state index in [1.165, 1.54) is 51.4 Å². The maximum Gasteiger partial charge on any atom is 0.0337 e. The average Bonchev–Trinajstić information content (AvgIpc) is 2.25.